The van der Waals surface area contributed by atoms with Crippen LogP contribution in [0.3, 0.4) is 0 Å². The SMILES string of the molecule is CCC1=CN=c2c(n(-c3ccc(NC(=O)c4ccccc4)cc3)c(=O)n2-c2cccc(N(C)C(=O)C=CCN(C)C3CC3)c2)=C(N)C1. The third-order valence-corrected chi connectivity index (χ3v) is 8.62. The van der Waals surface area contributed by atoms with Crippen molar-refractivity contribution in [1.82, 2.24) is 14.0 Å². The average Bonchev–Trinajstić information content (AvgIpc) is 3.92. The summed E-state index contributed by atoms with van der Waals surface area (Å²) >= 11 is 0. The van der Waals surface area contributed by atoms with Gasteiger partial charge < -0.3 is 16.0 Å². The Kier molecular flexibility index (Phi) is 9.03. The molecule has 6 rings (SSSR count). The van der Waals surface area contributed by atoms with Crippen LogP contribution in [0.1, 0.15) is 43.0 Å². The molecule has 4 aromatic rings. The van der Waals surface area contributed by atoms with Gasteiger partial charge in [-0.1, -0.05) is 37.3 Å². The summed E-state index contributed by atoms with van der Waals surface area (Å²) < 4.78 is 3.09. The molecule has 47 heavy (non-hydrogen) atoms. The van der Waals surface area contributed by atoms with Gasteiger partial charge in [-0.2, -0.15) is 0 Å². The molecule has 1 saturated carbocycles. The number of amides is 2. The summed E-state index contributed by atoms with van der Waals surface area (Å²) in [5.74, 6) is -0.387. The second-order valence-electron chi connectivity index (χ2n) is 12.0. The zero-order chi connectivity index (χ0) is 33.1. The molecule has 2 heterocycles. The van der Waals surface area contributed by atoms with E-state index in [4.69, 9.17) is 10.7 Å². The van der Waals surface area contributed by atoms with E-state index in [2.05, 4.69) is 17.3 Å². The molecule has 1 aliphatic heterocycles. The van der Waals surface area contributed by atoms with Crippen molar-refractivity contribution < 1.29 is 9.59 Å². The minimum absolute atomic E-state index is 0.160. The van der Waals surface area contributed by atoms with Crippen molar-refractivity contribution in [3.63, 3.8) is 0 Å². The maximum Gasteiger partial charge on any atom is 0.339 e. The molecule has 0 spiro atoms. The summed E-state index contributed by atoms with van der Waals surface area (Å²) in [5.41, 5.74) is 11.2. The van der Waals surface area contributed by atoms with E-state index >= 15 is 0 Å². The number of imidazole rings is 1. The molecule has 1 fully saturated rings. The highest BCUT2D eigenvalue weighted by Gasteiger charge is 2.25. The molecule has 0 saturated heterocycles. The molecule has 10 heteroatoms. The first-order valence-corrected chi connectivity index (χ1v) is 15.8. The molecule has 240 valence electrons. The largest absolute Gasteiger partial charge is 0.400 e. The maximum absolute atomic E-state index is 14.3. The van der Waals surface area contributed by atoms with Crippen LogP contribution in [0.2, 0.25) is 0 Å². The summed E-state index contributed by atoms with van der Waals surface area (Å²) in [5, 5.41) is 3.41. The second-order valence-corrected chi connectivity index (χ2v) is 12.0. The molecule has 3 N–H and O–H groups in total. The lowest BCUT2D eigenvalue weighted by molar-refractivity contribution is -0.113. The number of nitrogens with two attached hydrogens (primary N) is 1. The van der Waals surface area contributed by atoms with Crippen LogP contribution in [0.15, 0.2) is 113 Å². The predicted molar refractivity (Wildman–Crippen MR) is 185 cm³/mol. The number of likely N-dealkylation sites (N-methyl/N-ethyl adjacent to an activating group) is 2. The van der Waals surface area contributed by atoms with Gasteiger partial charge >= 0.3 is 5.69 Å². The number of anilines is 2. The molecule has 0 unspecified atom stereocenters. The summed E-state index contributed by atoms with van der Waals surface area (Å²) in [7, 11) is 3.79. The summed E-state index contributed by atoms with van der Waals surface area (Å²) in [6, 6.07) is 23.9. The number of aromatic nitrogens is 2. The number of fused-ring (bicyclic) bond motifs is 1. The lowest BCUT2D eigenvalue weighted by Crippen LogP contribution is -2.36. The van der Waals surface area contributed by atoms with Gasteiger partial charge in [0.1, 0.15) is 5.35 Å². The van der Waals surface area contributed by atoms with Gasteiger partial charge in [0.25, 0.3) is 5.91 Å². The number of carbonyl (C=O) groups excluding carboxylic acids is 2. The van der Waals surface area contributed by atoms with Gasteiger partial charge in [0.2, 0.25) is 5.91 Å². The molecule has 2 amide bonds. The monoisotopic (exact) mass is 629 g/mol. The third-order valence-electron chi connectivity index (χ3n) is 8.62. The fourth-order valence-electron chi connectivity index (χ4n) is 5.66. The van der Waals surface area contributed by atoms with E-state index in [1.807, 2.05) is 49.4 Å². The van der Waals surface area contributed by atoms with Gasteiger partial charge in [0.05, 0.1) is 11.4 Å². The lowest BCUT2D eigenvalue weighted by Gasteiger charge is -2.17. The Morgan fingerprint density at radius 2 is 1.72 bits per heavy atom. The van der Waals surface area contributed by atoms with Crippen LogP contribution in [-0.4, -0.2) is 52.5 Å². The van der Waals surface area contributed by atoms with Crippen molar-refractivity contribution in [2.75, 3.05) is 30.9 Å². The zero-order valence-corrected chi connectivity index (χ0v) is 26.9. The Hall–Kier alpha value is -5.48. The molecule has 0 atom stereocenters. The van der Waals surface area contributed by atoms with E-state index in [9.17, 15) is 14.4 Å². The number of carbonyl (C=O) groups is 2. The van der Waals surface area contributed by atoms with Crippen LogP contribution >= 0.6 is 0 Å². The number of nitrogens with zero attached hydrogens (tertiary/aromatic N) is 5. The highest BCUT2D eigenvalue weighted by molar-refractivity contribution is 6.04. The van der Waals surface area contributed by atoms with Crippen LogP contribution in [0.4, 0.5) is 11.4 Å². The number of rotatable bonds is 10. The number of nitrogens with one attached hydrogen (secondary N) is 1. The van der Waals surface area contributed by atoms with Gasteiger partial charge in [-0.3, -0.25) is 19.1 Å². The van der Waals surface area contributed by atoms with E-state index in [0.717, 1.165) is 12.0 Å². The highest BCUT2D eigenvalue weighted by Crippen LogP contribution is 2.25. The van der Waals surface area contributed by atoms with Gasteiger partial charge in [-0.15, -0.1) is 0 Å². The smallest absolute Gasteiger partial charge is 0.339 e. The average molecular weight is 630 g/mol. The Balaban J connectivity index is 1.36. The summed E-state index contributed by atoms with van der Waals surface area (Å²) in [6.45, 7) is 2.76. The molecular weight excluding hydrogens is 590 g/mol. The van der Waals surface area contributed by atoms with Gasteiger partial charge in [-0.25, -0.2) is 14.4 Å². The predicted octanol–water partition coefficient (Wildman–Crippen LogP) is 3.88. The van der Waals surface area contributed by atoms with Crippen molar-refractivity contribution in [2.45, 2.75) is 38.6 Å². The van der Waals surface area contributed by atoms with Crippen molar-refractivity contribution in [3.8, 4) is 11.4 Å². The Bertz CT molecular complexity index is 2050. The van der Waals surface area contributed by atoms with Crippen LogP contribution in [0.5, 0.6) is 0 Å². The lowest BCUT2D eigenvalue weighted by atomic mass is 10.1. The van der Waals surface area contributed by atoms with E-state index in [1.54, 1.807) is 71.3 Å². The standard InChI is InChI=1S/C37H39N7O3/c1-4-25-22-32(38)34-35(39-24-25)44(31-13-8-12-30(23-31)42(3)33(45)14-9-21-41(2)28-19-20-28)37(47)43(34)29-17-15-27(16-18-29)40-36(46)26-10-6-5-7-11-26/h5-18,23-24,28H,4,19-22,38H2,1-3H3,(H,40,46). The topological polar surface area (TPSA) is 118 Å². The minimum atomic E-state index is -0.356. The highest BCUT2D eigenvalue weighted by atomic mass is 16.2. The first kappa shape index (κ1) is 31.5. The fourth-order valence-corrected chi connectivity index (χ4v) is 5.66. The molecule has 3 aromatic carbocycles. The summed E-state index contributed by atoms with van der Waals surface area (Å²) in [6.07, 6.45) is 8.91. The van der Waals surface area contributed by atoms with Crippen molar-refractivity contribution in [1.29, 1.82) is 0 Å². The molecular formula is C37H39N7O3. The van der Waals surface area contributed by atoms with Crippen LogP contribution in [0, 0.1) is 0 Å². The van der Waals surface area contributed by atoms with Gasteiger partial charge in [0.15, 0.2) is 5.49 Å². The van der Waals surface area contributed by atoms with E-state index in [-0.39, 0.29) is 17.5 Å². The van der Waals surface area contributed by atoms with Gasteiger partial charge in [-0.05, 0) is 86.5 Å². The number of hydrogen-bond acceptors (Lipinski definition) is 6. The Labute approximate surface area is 273 Å². The van der Waals surface area contributed by atoms with Crippen LogP contribution < -0.4 is 32.5 Å². The molecule has 1 aromatic heterocycles. The Morgan fingerprint density at radius 1 is 0.979 bits per heavy atom. The molecule has 0 radical (unpaired) electrons. The van der Waals surface area contributed by atoms with Gasteiger partial charge in [0, 0.05) is 61.0 Å². The quantitative estimate of drug-likeness (QED) is 0.258. The maximum atomic E-state index is 14.3. The van der Waals surface area contributed by atoms with Crippen molar-refractivity contribution in [2.24, 2.45) is 10.7 Å². The number of benzene rings is 3. The van der Waals surface area contributed by atoms with E-state index in [1.165, 1.54) is 17.4 Å². The first-order valence-electron chi connectivity index (χ1n) is 15.8. The first-order chi connectivity index (χ1) is 22.7. The van der Waals surface area contributed by atoms with Crippen LogP contribution in [-0.2, 0) is 4.79 Å². The Morgan fingerprint density at radius 3 is 2.43 bits per heavy atom. The normalized spacial score (nSPS) is 14.4. The zero-order valence-electron chi connectivity index (χ0n) is 26.9. The van der Waals surface area contributed by atoms with Crippen LogP contribution in [0.25, 0.3) is 17.1 Å². The van der Waals surface area contributed by atoms with Crippen molar-refractivity contribution in [3.05, 3.63) is 130 Å². The number of hydrogen-bond donors (Lipinski definition) is 2. The molecule has 10 nitrogen and oxygen atoms in total. The molecule has 1 aliphatic carbocycles. The van der Waals surface area contributed by atoms with E-state index in [0.29, 0.717) is 63.9 Å². The third kappa shape index (κ3) is 6.73. The molecule has 0 bridgehead atoms. The van der Waals surface area contributed by atoms with E-state index < -0.39 is 0 Å². The van der Waals surface area contributed by atoms with Crippen molar-refractivity contribution >= 4 is 28.9 Å². The fraction of sp³-hybridized carbons (Fsp3) is 0.243. The minimum Gasteiger partial charge on any atom is -0.400 e. The molecule has 2 aliphatic rings. The second kappa shape index (κ2) is 13.5. The summed E-state index contributed by atoms with van der Waals surface area (Å²) in [4.78, 5) is 48.6.